The molecule has 0 aromatic carbocycles. The van der Waals surface area contributed by atoms with Gasteiger partial charge in [-0.2, -0.15) is 0 Å². The quantitative estimate of drug-likeness (QED) is 0.759. The van der Waals surface area contributed by atoms with Gasteiger partial charge in [-0.3, -0.25) is 0 Å². The average molecular weight is 198 g/mol. The zero-order valence-electron chi connectivity index (χ0n) is 8.42. The van der Waals surface area contributed by atoms with Crippen LogP contribution < -0.4 is 5.32 Å². The maximum Gasteiger partial charge on any atom is 0.0794 e. The summed E-state index contributed by atoms with van der Waals surface area (Å²) < 4.78 is 0. The first-order valence-electron chi connectivity index (χ1n) is 4.97. The van der Waals surface area contributed by atoms with Gasteiger partial charge in [-0.05, 0) is 12.8 Å². The van der Waals surface area contributed by atoms with Crippen molar-refractivity contribution in [3.8, 4) is 0 Å². The van der Waals surface area contributed by atoms with Gasteiger partial charge in [0.1, 0.15) is 0 Å². The van der Waals surface area contributed by atoms with Crippen LogP contribution in [0.1, 0.15) is 32.4 Å². The Balaban J connectivity index is 2.13. The summed E-state index contributed by atoms with van der Waals surface area (Å²) in [6.45, 7) is 5.50. The van der Waals surface area contributed by atoms with Gasteiger partial charge in [0.25, 0.3) is 0 Å². The number of rotatable bonds is 6. The number of aromatic nitrogens is 1. The van der Waals surface area contributed by atoms with Gasteiger partial charge in [-0.1, -0.05) is 13.8 Å². The van der Waals surface area contributed by atoms with Crippen LogP contribution in [0.15, 0.2) is 10.9 Å². The SMILES string of the molecule is CCC(CC)NCCc1cscn1. The van der Waals surface area contributed by atoms with Crippen molar-refractivity contribution in [2.75, 3.05) is 6.54 Å². The monoisotopic (exact) mass is 198 g/mol. The van der Waals surface area contributed by atoms with Crippen molar-refractivity contribution < 1.29 is 0 Å². The minimum absolute atomic E-state index is 0.679. The van der Waals surface area contributed by atoms with Crippen molar-refractivity contribution in [3.63, 3.8) is 0 Å². The molecule has 1 aromatic rings. The molecule has 0 aliphatic rings. The number of nitrogens with zero attached hydrogens (tertiary/aromatic N) is 1. The van der Waals surface area contributed by atoms with Crippen LogP contribution in [0.25, 0.3) is 0 Å². The molecule has 1 aromatic heterocycles. The topological polar surface area (TPSA) is 24.9 Å². The Labute approximate surface area is 84.4 Å². The van der Waals surface area contributed by atoms with Gasteiger partial charge in [0.15, 0.2) is 0 Å². The zero-order chi connectivity index (χ0) is 9.52. The molecule has 0 saturated heterocycles. The van der Waals surface area contributed by atoms with E-state index >= 15 is 0 Å². The molecule has 0 amide bonds. The van der Waals surface area contributed by atoms with E-state index in [1.165, 1.54) is 18.5 Å². The number of hydrogen-bond acceptors (Lipinski definition) is 3. The molecule has 0 saturated carbocycles. The van der Waals surface area contributed by atoms with Gasteiger partial charge < -0.3 is 5.32 Å². The highest BCUT2D eigenvalue weighted by atomic mass is 32.1. The third kappa shape index (κ3) is 3.87. The van der Waals surface area contributed by atoms with E-state index in [-0.39, 0.29) is 0 Å². The molecule has 13 heavy (non-hydrogen) atoms. The van der Waals surface area contributed by atoms with Gasteiger partial charge in [0, 0.05) is 24.4 Å². The van der Waals surface area contributed by atoms with Crippen molar-refractivity contribution >= 4 is 11.3 Å². The van der Waals surface area contributed by atoms with Gasteiger partial charge >= 0.3 is 0 Å². The molecule has 1 N–H and O–H groups in total. The summed E-state index contributed by atoms with van der Waals surface area (Å²) in [5.74, 6) is 0. The van der Waals surface area contributed by atoms with Gasteiger partial charge in [-0.25, -0.2) is 4.98 Å². The van der Waals surface area contributed by atoms with Crippen LogP contribution >= 0.6 is 11.3 Å². The second-order valence-electron chi connectivity index (χ2n) is 3.20. The van der Waals surface area contributed by atoms with Crippen molar-refractivity contribution in [3.05, 3.63) is 16.6 Å². The standard InChI is InChI=1S/C10H18N2S/c1-3-9(4-2)11-6-5-10-7-13-8-12-10/h7-9,11H,3-6H2,1-2H3. The maximum atomic E-state index is 4.24. The van der Waals surface area contributed by atoms with E-state index in [4.69, 9.17) is 0 Å². The molecule has 0 fully saturated rings. The molecule has 0 bridgehead atoms. The Hall–Kier alpha value is -0.410. The highest BCUT2D eigenvalue weighted by molar-refractivity contribution is 7.07. The molecule has 0 unspecified atom stereocenters. The van der Waals surface area contributed by atoms with E-state index in [1.54, 1.807) is 11.3 Å². The third-order valence-electron chi connectivity index (χ3n) is 2.28. The van der Waals surface area contributed by atoms with Crippen molar-refractivity contribution in [1.82, 2.24) is 10.3 Å². The summed E-state index contributed by atoms with van der Waals surface area (Å²) in [6.07, 6.45) is 3.49. The Morgan fingerprint density at radius 2 is 2.23 bits per heavy atom. The molecule has 0 spiro atoms. The largest absolute Gasteiger partial charge is 0.314 e. The summed E-state index contributed by atoms with van der Waals surface area (Å²) in [5, 5.41) is 5.64. The van der Waals surface area contributed by atoms with E-state index in [1.807, 2.05) is 5.51 Å². The Bertz CT molecular complexity index is 205. The summed E-state index contributed by atoms with van der Waals surface area (Å²) >= 11 is 1.67. The van der Waals surface area contributed by atoms with Crippen LogP contribution in [0, 0.1) is 0 Å². The molecule has 0 aliphatic carbocycles. The second kappa shape index (κ2) is 6.11. The molecule has 0 aliphatic heterocycles. The lowest BCUT2D eigenvalue weighted by atomic mass is 10.1. The molecule has 1 heterocycles. The predicted octanol–water partition coefficient (Wildman–Crippen LogP) is 2.46. The predicted molar refractivity (Wildman–Crippen MR) is 58.2 cm³/mol. The summed E-state index contributed by atoms with van der Waals surface area (Å²) in [5.41, 5.74) is 3.11. The fourth-order valence-electron chi connectivity index (χ4n) is 1.34. The second-order valence-corrected chi connectivity index (χ2v) is 3.92. The molecular formula is C10H18N2S. The van der Waals surface area contributed by atoms with Crippen molar-refractivity contribution in [2.45, 2.75) is 39.2 Å². The molecule has 3 heteroatoms. The number of hydrogen-bond donors (Lipinski definition) is 1. The smallest absolute Gasteiger partial charge is 0.0794 e. The molecular weight excluding hydrogens is 180 g/mol. The highest BCUT2D eigenvalue weighted by Crippen LogP contribution is 2.01. The first kappa shape index (κ1) is 10.7. The third-order valence-corrected chi connectivity index (χ3v) is 2.92. The Morgan fingerprint density at radius 3 is 2.77 bits per heavy atom. The zero-order valence-corrected chi connectivity index (χ0v) is 9.23. The molecule has 0 radical (unpaired) electrons. The maximum absolute atomic E-state index is 4.24. The fourth-order valence-corrected chi connectivity index (χ4v) is 1.94. The van der Waals surface area contributed by atoms with Crippen molar-refractivity contribution in [1.29, 1.82) is 0 Å². The van der Waals surface area contributed by atoms with E-state index in [0.29, 0.717) is 6.04 Å². The highest BCUT2D eigenvalue weighted by Gasteiger charge is 2.01. The summed E-state index contributed by atoms with van der Waals surface area (Å²) in [6, 6.07) is 0.679. The Kier molecular flexibility index (Phi) is 5.01. The van der Waals surface area contributed by atoms with Gasteiger partial charge in [0.05, 0.1) is 11.2 Å². The van der Waals surface area contributed by atoms with Crippen LogP contribution in [0.4, 0.5) is 0 Å². The Morgan fingerprint density at radius 1 is 1.46 bits per heavy atom. The van der Waals surface area contributed by atoms with Gasteiger partial charge in [0.2, 0.25) is 0 Å². The fraction of sp³-hybridized carbons (Fsp3) is 0.700. The van der Waals surface area contributed by atoms with E-state index in [9.17, 15) is 0 Å². The number of thiazole rings is 1. The van der Waals surface area contributed by atoms with Crippen LogP contribution in [-0.2, 0) is 6.42 Å². The average Bonchev–Trinajstić information content (AvgIpc) is 2.65. The summed E-state index contributed by atoms with van der Waals surface area (Å²) in [4.78, 5) is 4.24. The normalized spacial score (nSPS) is 11.0. The molecule has 0 atom stereocenters. The van der Waals surface area contributed by atoms with E-state index < -0.39 is 0 Å². The van der Waals surface area contributed by atoms with E-state index in [2.05, 4.69) is 29.5 Å². The molecule has 1 rings (SSSR count). The minimum atomic E-state index is 0.679. The van der Waals surface area contributed by atoms with Crippen LogP contribution in [-0.4, -0.2) is 17.6 Å². The lowest BCUT2D eigenvalue weighted by Gasteiger charge is -2.13. The van der Waals surface area contributed by atoms with Crippen LogP contribution in [0.2, 0.25) is 0 Å². The van der Waals surface area contributed by atoms with Gasteiger partial charge in [-0.15, -0.1) is 11.3 Å². The van der Waals surface area contributed by atoms with Crippen LogP contribution in [0.5, 0.6) is 0 Å². The molecule has 2 nitrogen and oxygen atoms in total. The van der Waals surface area contributed by atoms with Crippen molar-refractivity contribution in [2.24, 2.45) is 0 Å². The summed E-state index contributed by atoms with van der Waals surface area (Å²) in [7, 11) is 0. The van der Waals surface area contributed by atoms with E-state index in [0.717, 1.165) is 13.0 Å². The van der Waals surface area contributed by atoms with Crippen LogP contribution in [0.3, 0.4) is 0 Å². The minimum Gasteiger partial charge on any atom is -0.314 e. The lowest BCUT2D eigenvalue weighted by Crippen LogP contribution is -2.29. The first-order valence-corrected chi connectivity index (χ1v) is 5.91. The number of nitrogens with one attached hydrogen (secondary N) is 1. The first-order chi connectivity index (χ1) is 6.36. The molecule has 74 valence electrons. The lowest BCUT2D eigenvalue weighted by molar-refractivity contribution is 0.487.